The predicted molar refractivity (Wildman–Crippen MR) is 99.5 cm³/mol. The second-order valence-electron chi connectivity index (χ2n) is 6.75. The number of benzene rings is 1. The number of likely N-dealkylation sites (tertiary alicyclic amines) is 1. The molecule has 1 N–H and O–H groups in total. The highest BCUT2D eigenvalue weighted by Gasteiger charge is 2.23. The molecule has 0 saturated carbocycles. The van der Waals surface area contributed by atoms with E-state index in [2.05, 4.69) is 25.1 Å². The zero-order valence-electron chi connectivity index (χ0n) is 15.1. The summed E-state index contributed by atoms with van der Waals surface area (Å²) in [5.74, 6) is 0.846. The van der Waals surface area contributed by atoms with Crippen LogP contribution in [-0.2, 0) is 16.4 Å². The molecule has 142 valence electrons. The fourth-order valence-electron chi connectivity index (χ4n) is 3.40. The van der Waals surface area contributed by atoms with Gasteiger partial charge in [0.2, 0.25) is 10.0 Å². The second-order valence-corrected chi connectivity index (χ2v) is 8.59. The van der Waals surface area contributed by atoms with Crippen LogP contribution in [0.15, 0.2) is 30.3 Å². The number of rotatable bonds is 8. The van der Waals surface area contributed by atoms with E-state index in [9.17, 15) is 8.42 Å². The van der Waals surface area contributed by atoms with Gasteiger partial charge in [-0.05, 0) is 54.9 Å². The topological polar surface area (TPSA) is 93.0 Å². The summed E-state index contributed by atoms with van der Waals surface area (Å²) < 4.78 is 27.2. The summed E-state index contributed by atoms with van der Waals surface area (Å²) in [5, 5.41) is 12.1. The molecule has 26 heavy (non-hydrogen) atoms. The van der Waals surface area contributed by atoms with E-state index in [4.69, 9.17) is 0 Å². The van der Waals surface area contributed by atoms with Crippen molar-refractivity contribution in [2.45, 2.75) is 38.1 Å². The molecule has 2 heterocycles. The predicted octanol–water partition coefficient (Wildman–Crippen LogP) is 0.999. The van der Waals surface area contributed by atoms with Gasteiger partial charge < -0.3 is 0 Å². The van der Waals surface area contributed by atoms with Crippen molar-refractivity contribution < 1.29 is 8.42 Å². The number of piperidine rings is 1. The molecule has 0 spiro atoms. The van der Waals surface area contributed by atoms with E-state index >= 15 is 0 Å². The van der Waals surface area contributed by atoms with Crippen molar-refractivity contribution in [2.75, 3.05) is 25.9 Å². The lowest BCUT2D eigenvalue weighted by Gasteiger charge is -2.35. The van der Waals surface area contributed by atoms with Gasteiger partial charge in [-0.1, -0.05) is 24.6 Å². The Kier molecular flexibility index (Phi) is 6.33. The summed E-state index contributed by atoms with van der Waals surface area (Å²) in [6.45, 7) is 2.41. The maximum Gasteiger partial charge on any atom is 0.208 e. The third kappa shape index (κ3) is 5.33. The number of para-hydroxylation sites is 1. The van der Waals surface area contributed by atoms with Gasteiger partial charge in [-0.3, -0.25) is 4.90 Å². The van der Waals surface area contributed by atoms with E-state index in [1.54, 1.807) is 4.68 Å². The Morgan fingerprint density at radius 1 is 1.23 bits per heavy atom. The summed E-state index contributed by atoms with van der Waals surface area (Å²) in [7, 11) is -3.15. The highest BCUT2D eigenvalue weighted by Crippen LogP contribution is 2.17. The first-order valence-electron chi connectivity index (χ1n) is 9.04. The maximum atomic E-state index is 11.4. The summed E-state index contributed by atoms with van der Waals surface area (Å²) in [4.78, 5) is 2.39. The molecule has 1 aromatic heterocycles. The van der Waals surface area contributed by atoms with Gasteiger partial charge in [-0.15, -0.1) is 5.10 Å². The summed E-state index contributed by atoms with van der Waals surface area (Å²) in [6, 6.07) is 10.1. The summed E-state index contributed by atoms with van der Waals surface area (Å²) in [5.41, 5.74) is 0.959. The fourth-order valence-corrected chi connectivity index (χ4v) is 3.90. The first-order valence-corrected chi connectivity index (χ1v) is 10.9. The van der Waals surface area contributed by atoms with Crippen LogP contribution in [-0.4, -0.2) is 65.5 Å². The number of aromatic nitrogens is 4. The van der Waals surface area contributed by atoms with Crippen molar-refractivity contribution in [1.29, 1.82) is 0 Å². The Morgan fingerprint density at radius 2 is 2.04 bits per heavy atom. The molecule has 0 bridgehead atoms. The van der Waals surface area contributed by atoms with Crippen LogP contribution < -0.4 is 4.72 Å². The lowest BCUT2D eigenvalue weighted by molar-refractivity contribution is 0.148. The van der Waals surface area contributed by atoms with Crippen LogP contribution in [0.4, 0.5) is 0 Å². The van der Waals surface area contributed by atoms with Gasteiger partial charge in [-0.2, -0.15) is 4.68 Å². The molecular weight excluding hydrogens is 352 g/mol. The molecule has 1 aliphatic heterocycles. The average Bonchev–Trinajstić information content (AvgIpc) is 3.09. The van der Waals surface area contributed by atoms with Gasteiger partial charge in [0.1, 0.15) is 0 Å². The van der Waals surface area contributed by atoms with Crippen molar-refractivity contribution in [1.82, 2.24) is 29.8 Å². The SMILES string of the molecule is CS(=O)(=O)NC[C@@H]1CCCCN1CCCc1nnnn1-c1ccccc1. The molecule has 1 saturated heterocycles. The molecule has 9 heteroatoms. The van der Waals surface area contributed by atoms with Gasteiger partial charge in [-0.25, -0.2) is 13.1 Å². The quantitative estimate of drug-likeness (QED) is 0.737. The number of nitrogens with one attached hydrogen (secondary N) is 1. The lowest BCUT2D eigenvalue weighted by Crippen LogP contribution is -2.46. The second kappa shape index (κ2) is 8.70. The van der Waals surface area contributed by atoms with Crippen LogP contribution in [0.5, 0.6) is 0 Å². The normalized spacial score (nSPS) is 18.9. The van der Waals surface area contributed by atoms with E-state index in [0.29, 0.717) is 6.54 Å². The minimum atomic E-state index is -3.15. The molecule has 0 radical (unpaired) electrons. The number of tetrazole rings is 1. The van der Waals surface area contributed by atoms with E-state index < -0.39 is 10.0 Å². The zero-order valence-corrected chi connectivity index (χ0v) is 15.9. The Hall–Kier alpha value is -1.84. The van der Waals surface area contributed by atoms with Crippen molar-refractivity contribution >= 4 is 10.0 Å². The van der Waals surface area contributed by atoms with E-state index in [1.807, 2.05) is 30.3 Å². The third-order valence-corrected chi connectivity index (χ3v) is 5.40. The van der Waals surface area contributed by atoms with Crippen LogP contribution in [0.2, 0.25) is 0 Å². The Morgan fingerprint density at radius 3 is 2.81 bits per heavy atom. The first-order chi connectivity index (χ1) is 12.5. The molecule has 0 aliphatic carbocycles. The highest BCUT2D eigenvalue weighted by atomic mass is 32.2. The minimum absolute atomic E-state index is 0.267. The summed E-state index contributed by atoms with van der Waals surface area (Å²) >= 11 is 0. The van der Waals surface area contributed by atoms with Crippen molar-refractivity contribution in [3.63, 3.8) is 0 Å². The molecule has 1 aromatic carbocycles. The van der Waals surface area contributed by atoms with Gasteiger partial charge >= 0.3 is 0 Å². The van der Waals surface area contributed by atoms with Crippen molar-refractivity contribution in [3.05, 3.63) is 36.2 Å². The van der Waals surface area contributed by atoms with Gasteiger partial charge in [0, 0.05) is 19.0 Å². The maximum absolute atomic E-state index is 11.4. The molecule has 0 amide bonds. The van der Waals surface area contributed by atoms with Crippen LogP contribution in [0.1, 0.15) is 31.5 Å². The monoisotopic (exact) mass is 378 g/mol. The molecule has 2 aromatic rings. The largest absolute Gasteiger partial charge is 0.299 e. The highest BCUT2D eigenvalue weighted by molar-refractivity contribution is 7.88. The van der Waals surface area contributed by atoms with Crippen LogP contribution in [0.3, 0.4) is 0 Å². The van der Waals surface area contributed by atoms with Crippen LogP contribution in [0, 0.1) is 0 Å². The Labute approximate surface area is 154 Å². The molecule has 1 atom stereocenters. The lowest BCUT2D eigenvalue weighted by atomic mass is 10.0. The fraction of sp³-hybridized carbons (Fsp3) is 0.588. The molecule has 8 nitrogen and oxygen atoms in total. The van der Waals surface area contributed by atoms with Gasteiger partial charge in [0.05, 0.1) is 11.9 Å². The zero-order chi connectivity index (χ0) is 18.4. The van der Waals surface area contributed by atoms with Crippen molar-refractivity contribution in [2.24, 2.45) is 0 Å². The number of nitrogens with zero attached hydrogens (tertiary/aromatic N) is 5. The van der Waals surface area contributed by atoms with Crippen molar-refractivity contribution in [3.8, 4) is 5.69 Å². The smallest absolute Gasteiger partial charge is 0.208 e. The molecular formula is C17H26N6O2S. The standard InChI is InChI=1S/C17H26N6O2S/c1-26(24,25)18-14-16-10-5-6-12-22(16)13-7-11-17-19-20-21-23(17)15-8-3-2-4-9-15/h2-4,8-9,16,18H,5-7,10-14H2,1H3/t16-/m0/s1. The number of sulfonamides is 1. The van der Waals surface area contributed by atoms with E-state index in [1.165, 1.54) is 6.26 Å². The average molecular weight is 379 g/mol. The Bertz CT molecular complexity index is 793. The molecule has 0 unspecified atom stereocenters. The molecule has 1 fully saturated rings. The molecule has 1 aliphatic rings. The van der Waals surface area contributed by atoms with E-state index in [0.717, 1.165) is 56.7 Å². The van der Waals surface area contributed by atoms with E-state index in [-0.39, 0.29) is 6.04 Å². The first kappa shape index (κ1) is 18.9. The van der Waals surface area contributed by atoms with Crippen LogP contribution in [0.25, 0.3) is 5.69 Å². The van der Waals surface area contributed by atoms with Gasteiger partial charge in [0.25, 0.3) is 0 Å². The number of hydrogen-bond donors (Lipinski definition) is 1. The number of aryl methyl sites for hydroxylation is 1. The number of hydrogen-bond acceptors (Lipinski definition) is 6. The minimum Gasteiger partial charge on any atom is -0.299 e. The van der Waals surface area contributed by atoms with Gasteiger partial charge in [0.15, 0.2) is 5.82 Å². The Balaban J connectivity index is 1.55. The third-order valence-electron chi connectivity index (χ3n) is 4.71. The molecule has 3 rings (SSSR count). The van der Waals surface area contributed by atoms with Crippen LogP contribution >= 0.6 is 0 Å². The summed E-state index contributed by atoms with van der Waals surface area (Å²) in [6.07, 6.45) is 6.27.